The molecule has 1 heterocycles. The van der Waals surface area contributed by atoms with Crippen molar-refractivity contribution in [2.24, 2.45) is 5.73 Å². The number of nitrogens with zero attached hydrogens (tertiary/aromatic N) is 1. The lowest BCUT2D eigenvalue weighted by molar-refractivity contribution is 0.182. The van der Waals surface area contributed by atoms with Gasteiger partial charge in [-0.05, 0) is 51.6 Å². The predicted octanol–water partition coefficient (Wildman–Crippen LogP) is 2.20. The predicted molar refractivity (Wildman–Crippen MR) is 65.5 cm³/mol. The van der Waals surface area contributed by atoms with E-state index in [1.54, 1.807) is 0 Å². The molecule has 2 N–H and O–H groups in total. The Labute approximate surface area is 99.4 Å². The summed E-state index contributed by atoms with van der Waals surface area (Å²) in [5.41, 5.74) is 5.88. The van der Waals surface area contributed by atoms with E-state index in [1.165, 1.54) is 51.6 Å². The van der Waals surface area contributed by atoms with Crippen LogP contribution in [0.1, 0.15) is 38.5 Å². The largest absolute Gasteiger partial charge is 0.328 e. The van der Waals surface area contributed by atoms with E-state index in [2.05, 4.69) is 4.90 Å². The van der Waals surface area contributed by atoms with Crippen molar-refractivity contribution in [1.29, 1.82) is 0 Å². The minimum Gasteiger partial charge on any atom is -0.328 e. The molecule has 0 atom stereocenters. The molecular weight excluding hydrogens is 219 g/mol. The first-order chi connectivity index (χ1) is 5.86. The average Bonchev–Trinajstić information content (AvgIpc) is 2.58. The zero-order valence-corrected chi connectivity index (χ0v) is 10.3. The Kier molecular flexibility index (Phi) is 7.13. The van der Waals surface area contributed by atoms with Crippen LogP contribution in [0.25, 0.3) is 0 Å². The van der Waals surface area contributed by atoms with Crippen molar-refractivity contribution < 1.29 is 0 Å². The van der Waals surface area contributed by atoms with Crippen molar-refractivity contribution in [2.75, 3.05) is 13.1 Å². The van der Waals surface area contributed by atoms with Gasteiger partial charge in [0.15, 0.2) is 0 Å². The first kappa shape index (κ1) is 14.5. The molecule has 0 radical (unpaired) electrons. The number of hydrogen-bond acceptors (Lipinski definition) is 2. The molecule has 4 heteroatoms. The summed E-state index contributed by atoms with van der Waals surface area (Å²) in [4.78, 5) is 2.67. The summed E-state index contributed by atoms with van der Waals surface area (Å²) in [5, 5.41) is 0. The summed E-state index contributed by atoms with van der Waals surface area (Å²) in [6.45, 7) is 2.69. The van der Waals surface area contributed by atoms with E-state index in [1.807, 2.05) is 0 Å². The Morgan fingerprint density at radius 2 is 1.36 bits per heavy atom. The van der Waals surface area contributed by atoms with Gasteiger partial charge in [-0.2, -0.15) is 0 Å². The molecular formula is C10H22Cl2N2. The monoisotopic (exact) mass is 240 g/mol. The smallest absolute Gasteiger partial charge is 0.00964 e. The van der Waals surface area contributed by atoms with Crippen LogP contribution in [-0.4, -0.2) is 30.1 Å². The third-order valence-corrected chi connectivity index (χ3v) is 3.40. The number of likely N-dealkylation sites (tertiary alicyclic amines) is 1. The van der Waals surface area contributed by atoms with Crippen LogP contribution in [0.4, 0.5) is 0 Å². The minimum absolute atomic E-state index is 0. The van der Waals surface area contributed by atoms with Crippen LogP contribution in [0.5, 0.6) is 0 Å². The first-order valence-corrected chi connectivity index (χ1v) is 5.36. The molecule has 0 aromatic carbocycles. The van der Waals surface area contributed by atoms with Gasteiger partial charge in [0.2, 0.25) is 0 Å². The number of nitrogens with two attached hydrogens (primary N) is 1. The second-order valence-electron chi connectivity index (χ2n) is 4.31. The van der Waals surface area contributed by atoms with E-state index < -0.39 is 0 Å². The van der Waals surface area contributed by atoms with Gasteiger partial charge in [-0.1, -0.05) is 0 Å². The molecule has 1 saturated carbocycles. The lowest BCUT2D eigenvalue weighted by Crippen LogP contribution is -2.39. The molecule has 0 unspecified atom stereocenters. The lowest BCUT2D eigenvalue weighted by Gasteiger charge is -2.33. The fraction of sp³-hybridized carbons (Fsp3) is 1.00. The second kappa shape index (κ2) is 6.89. The van der Waals surface area contributed by atoms with Crippen LogP contribution >= 0.6 is 24.8 Å². The Morgan fingerprint density at radius 1 is 0.857 bits per heavy atom. The molecule has 14 heavy (non-hydrogen) atoms. The summed E-state index contributed by atoms with van der Waals surface area (Å²) in [6.07, 6.45) is 8.04. The van der Waals surface area contributed by atoms with Crippen molar-refractivity contribution in [2.45, 2.75) is 50.6 Å². The van der Waals surface area contributed by atoms with Gasteiger partial charge in [-0.3, -0.25) is 0 Å². The third-order valence-electron chi connectivity index (χ3n) is 3.40. The molecule has 0 aromatic heterocycles. The van der Waals surface area contributed by atoms with E-state index in [4.69, 9.17) is 5.73 Å². The highest BCUT2D eigenvalue weighted by molar-refractivity contribution is 5.85. The summed E-state index contributed by atoms with van der Waals surface area (Å²) >= 11 is 0. The van der Waals surface area contributed by atoms with E-state index in [9.17, 15) is 0 Å². The molecule has 2 fully saturated rings. The molecule has 2 rings (SSSR count). The quantitative estimate of drug-likeness (QED) is 0.762. The maximum atomic E-state index is 5.88. The zero-order valence-electron chi connectivity index (χ0n) is 8.65. The van der Waals surface area contributed by atoms with E-state index >= 15 is 0 Å². The van der Waals surface area contributed by atoms with E-state index in [0.29, 0.717) is 6.04 Å². The van der Waals surface area contributed by atoms with Gasteiger partial charge in [0.25, 0.3) is 0 Å². The first-order valence-electron chi connectivity index (χ1n) is 5.36. The molecule has 1 aliphatic heterocycles. The average molecular weight is 241 g/mol. The standard InChI is InChI=1S/C10H20N2.2ClH/c11-9-3-5-10(6-4-9)12-7-1-2-8-12;;/h9-10H,1-8,11H2;2*1H. The van der Waals surface area contributed by atoms with Gasteiger partial charge >= 0.3 is 0 Å². The van der Waals surface area contributed by atoms with Gasteiger partial charge in [0.1, 0.15) is 0 Å². The lowest BCUT2D eigenvalue weighted by atomic mass is 9.91. The molecule has 1 saturated heterocycles. The van der Waals surface area contributed by atoms with Crippen molar-refractivity contribution in [1.82, 2.24) is 4.90 Å². The third kappa shape index (κ3) is 3.58. The topological polar surface area (TPSA) is 29.3 Å². The highest BCUT2D eigenvalue weighted by atomic mass is 35.5. The van der Waals surface area contributed by atoms with Crippen LogP contribution in [0.3, 0.4) is 0 Å². The van der Waals surface area contributed by atoms with E-state index in [-0.39, 0.29) is 24.8 Å². The number of rotatable bonds is 1. The van der Waals surface area contributed by atoms with Gasteiger partial charge in [0.05, 0.1) is 0 Å². The van der Waals surface area contributed by atoms with Crippen molar-refractivity contribution in [3.8, 4) is 0 Å². The molecule has 2 nitrogen and oxygen atoms in total. The summed E-state index contributed by atoms with van der Waals surface area (Å²) in [7, 11) is 0. The highest BCUT2D eigenvalue weighted by Crippen LogP contribution is 2.24. The maximum Gasteiger partial charge on any atom is 0.00964 e. The van der Waals surface area contributed by atoms with Crippen LogP contribution in [0.2, 0.25) is 0 Å². The Balaban J connectivity index is 0.000000845. The molecule has 86 valence electrons. The fourth-order valence-electron chi connectivity index (χ4n) is 2.57. The SMILES string of the molecule is Cl.Cl.NC1CCC(N2CCCC2)CC1. The Bertz CT molecular complexity index is 141. The van der Waals surface area contributed by atoms with Crippen molar-refractivity contribution >= 4 is 24.8 Å². The normalized spacial score (nSPS) is 33.2. The van der Waals surface area contributed by atoms with Gasteiger partial charge in [-0.15, -0.1) is 24.8 Å². The van der Waals surface area contributed by atoms with E-state index in [0.717, 1.165) is 6.04 Å². The number of halogens is 2. The van der Waals surface area contributed by atoms with Crippen molar-refractivity contribution in [3.63, 3.8) is 0 Å². The maximum absolute atomic E-state index is 5.88. The molecule has 2 aliphatic rings. The van der Waals surface area contributed by atoms with Crippen LogP contribution in [0.15, 0.2) is 0 Å². The Hall–Kier alpha value is 0.500. The summed E-state index contributed by atoms with van der Waals surface area (Å²) in [6, 6.07) is 1.39. The van der Waals surface area contributed by atoms with Crippen LogP contribution in [-0.2, 0) is 0 Å². The Morgan fingerprint density at radius 3 is 1.86 bits per heavy atom. The molecule has 0 amide bonds. The number of hydrogen-bond donors (Lipinski definition) is 1. The van der Waals surface area contributed by atoms with Gasteiger partial charge in [-0.25, -0.2) is 0 Å². The minimum atomic E-state index is 0. The van der Waals surface area contributed by atoms with Crippen LogP contribution < -0.4 is 5.73 Å². The molecule has 0 spiro atoms. The highest BCUT2D eigenvalue weighted by Gasteiger charge is 2.25. The molecule has 0 bridgehead atoms. The zero-order chi connectivity index (χ0) is 8.39. The summed E-state index contributed by atoms with van der Waals surface area (Å²) < 4.78 is 0. The van der Waals surface area contributed by atoms with Gasteiger partial charge in [0, 0.05) is 12.1 Å². The molecule has 0 aromatic rings. The van der Waals surface area contributed by atoms with Crippen LogP contribution in [0, 0.1) is 0 Å². The molecule has 1 aliphatic carbocycles. The summed E-state index contributed by atoms with van der Waals surface area (Å²) in [5.74, 6) is 0. The van der Waals surface area contributed by atoms with Crippen molar-refractivity contribution in [3.05, 3.63) is 0 Å². The second-order valence-corrected chi connectivity index (χ2v) is 4.31. The fourth-order valence-corrected chi connectivity index (χ4v) is 2.57. The van der Waals surface area contributed by atoms with Gasteiger partial charge < -0.3 is 10.6 Å².